The second-order valence-electron chi connectivity index (χ2n) is 4.27. The first kappa shape index (κ1) is 13.4. The summed E-state index contributed by atoms with van der Waals surface area (Å²) in [5.41, 5.74) is 0.889. The maximum Gasteiger partial charge on any atom is 0.471 e. The van der Waals surface area contributed by atoms with Gasteiger partial charge in [-0.2, -0.15) is 13.2 Å². The standard InChI is InChI=1S/C12H10F3NO3/c13-12(14,15)11(19)16-5-7-3-1-2-4-8(7)9(6-16)10(17)18/h1-4,9H,5-6H2,(H,17,18). The van der Waals surface area contributed by atoms with Crippen LogP contribution in [0.1, 0.15) is 17.0 Å². The summed E-state index contributed by atoms with van der Waals surface area (Å²) in [5, 5.41) is 9.07. The summed E-state index contributed by atoms with van der Waals surface area (Å²) >= 11 is 0. The lowest BCUT2D eigenvalue weighted by molar-refractivity contribution is -0.187. The number of aliphatic carboxylic acids is 1. The number of benzene rings is 1. The van der Waals surface area contributed by atoms with Gasteiger partial charge in [-0.3, -0.25) is 9.59 Å². The average molecular weight is 273 g/mol. The third-order valence-corrected chi connectivity index (χ3v) is 3.02. The van der Waals surface area contributed by atoms with Crippen molar-refractivity contribution in [3.8, 4) is 0 Å². The highest BCUT2D eigenvalue weighted by Gasteiger charge is 2.45. The van der Waals surface area contributed by atoms with E-state index in [1.54, 1.807) is 18.2 Å². The van der Waals surface area contributed by atoms with Crippen LogP contribution in [0.3, 0.4) is 0 Å². The second-order valence-corrected chi connectivity index (χ2v) is 4.27. The third kappa shape index (κ3) is 2.54. The van der Waals surface area contributed by atoms with Crippen molar-refractivity contribution in [1.29, 1.82) is 0 Å². The van der Waals surface area contributed by atoms with Crippen molar-refractivity contribution in [3.63, 3.8) is 0 Å². The summed E-state index contributed by atoms with van der Waals surface area (Å²) in [6.45, 7) is -0.691. The van der Waals surface area contributed by atoms with E-state index in [1.807, 2.05) is 0 Å². The van der Waals surface area contributed by atoms with E-state index in [1.165, 1.54) is 6.07 Å². The van der Waals surface area contributed by atoms with Crippen LogP contribution >= 0.6 is 0 Å². The number of nitrogens with zero attached hydrogens (tertiary/aromatic N) is 1. The molecule has 1 aliphatic heterocycles. The molecular weight excluding hydrogens is 263 g/mol. The number of hydrogen-bond acceptors (Lipinski definition) is 2. The van der Waals surface area contributed by atoms with Crippen molar-refractivity contribution in [2.24, 2.45) is 0 Å². The highest BCUT2D eigenvalue weighted by molar-refractivity contribution is 5.84. The number of carbonyl (C=O) groups is 2. The molecule has 0 aliphatic carbocycles. The summed E-state index contributed by atoms with van der Waals surface area (Å²) in [5.74, 6) is -4.38. The Morgan fingerprint density at radius 2 is 1.89 bits per heavy atom. The lowest BCUT2D eigenvalue weighted by atomic mass is 9.90. The number of alkyl halides is 3. The van der Waals surface area contributed by atoms with Gasteiger partial charge in [-0.1, -0.05) is 24.3 Å². The Bertz CT molecular complexity index is 527. The Morgan fingerprint density at radius 3 is 2.47 bits per heavy atom. The van der Waals surface area contributed by atoms with E-state index in [4.69, 9.17) is 5.11 Å². The molecule has 1 unspecified atom stereocenters. The van der Waals surface area contributed by atoms with E-state index >= 15 is 0 Å². The van der Waals surface area contributed by atoms with Crippen LogP contribution in [-0.2, 0) is 16.1 Å². The summed E-state index contributed by atoms with van der Waals surface area (Å²) in [7, 11) is 0. The molecule has 1 aromatic rings. The van der Waals surface area contributed by atoms with Gasteiger partial charge in [0.25, 0.3) is 0 Å². The molecule has 102 valence electrons. The molecule has 19 heavy (non-hydrogen) atoms. The van der Waals surface area contributed by atoms with Gasteiger partial charge in [0.05, 0.1) is 5.92 Å². The van der Waals surface area contributed by atoms with Crippen molar-refractivity contribution in [2.45, 2.75) is 18.6 Å². The van der Waals surface area contributed by atoms with Crippen LogP contribution in [0, 0.1) is 0 Å². The maximum absolute atomic E-state index is 12.4. The van der Waals surface area contributed by atoms with Crippen LogP contribution in [0.2, 0.25) is 0 Å². The van der Waals surface area contributed by atoms with E-state index in [2.05, 4.69) is 0 Å². The molecule has 4 nitrogen and oxygen atoms in total. The van der Waals surface area contributed by atoms with Crippen molar-refractivity contribution in [2.75, 3.05) is 6.54 Å². The highest BCUT2D eigenvalue weighted by atomic mass is 19.4. The molecule has 1 aromatic carbocycles. The monoisotopic (exact) mass is 273 g/mol. The Kier molecular flexibility index (Phi) is 3.21. The predicted octanol–water partition coefficient (Wildman–Crippen LogP) is 1.76. The molecule has 0 bridgehead atoms. The van der Waals surface area contributed by atoms with Crippen LogP contribution in [0.25, 0.3) is 0 Å². The van der Waals surface area contributed by atoms with Crippen LogP contribution in [0.15, 0.2) is 24.3 Å². The molecule has 0 aromatic heterocycles. The highest BCUT2D eigenvalue weighted by Crippen LogP contribution is 2.31. The Balaban J connectivity index is 2.36. The van der Waals surface area contributed by atoms with Crippen molar-refractivity contribution in [3.05, 3.63) is 35.4 Å². The van der Waals surface area contributed by atoms with Gasteiger partial charge in [-0.25, -0.2) is 0 Å². The number of amides is 1. The molecule has 0 fully saturated rings. The fourth-order valence-corrected chi connectivity index (χ4v) is 2.15. The first-order valence-electron chi connectivity index (χ1n) is 5.47. The summed E-state index contributed by atoms with van der Waals surface area (Å²) in [6.07, 6.45) is -4.99. The molecule has 1 N–H and O–H groups in total. The number of hydrogen-bond donors (Lipinski definition) is 1. The Hall–Kier alpha value is -2.05. The molecule has 1 atom stereocenters. The minimum atomic E-state index is -4.99. The van der Waals surface area contributed by atoms with E-state index in [-0.39, 0.29) is 6.54 Å². The SMILES string of the molecule is O=C(O)C1CN(C(=O)C(F)(F)F)Cc2ccccc21. The average Bonchev–Trinajstić information content (AvgIpc) is 2.35. The van der Waals surface area contributed by atoms with Crippen molar-refractivity contribution >= 4 is 11.9 Å². The van der Waals surface area contributed by atoms with E-state index in [0.717, 1.165) is 0 Å². The lowest BCUT2D eigenvalue weighted by Gasteiger charge is -2.33. The largest absolute Gasteiger partial charge is 0.481 e. The summed E-state index contributed by atoms with van der Waals surface area (Å²) in [4.78, 5) is 22.9. The zero-order valence-corrected chi connectivity index (χ0v) is 9.65. The summed E-state index contributed by atoms with van der Waals surface area (Å²) < 4.78 is 37.2. The summed E-state index contributed by atoms with van der Waals surface area (Å²) in [6, 6.07) is 6.31. The zero-order valence-electron chi connectivity index (χ0n) is 9.65. The van der Waals surface area contributed by atoms with Gasteiger partial charge in [0.15, 0.2) is 0 Å². The molecule has 7 heteroatoms. The molecule has 0 saturated carbocycles. The number of carboxylic acids is 1. The van der Waals surface area contributed by atoms with E-state index in [9.17, 15) is 22.8 Å². The minimum Gasteiger partial charge on any atom is -0.481 e. The Morgan fingerprint density at radius 1 is 1.26 bits per heavy atom. The second kappa shape index (κ2) is 4.56. The van der Waals surface area contributed by atoms with Gasteiger partial charge in [0.2, 0.25) is 0 Å². The topological polar surface area (TPSA) is 57.6 Å². The number of rotatable bonds is 1. The van der Waals surface area contributed by atoms with Gasteiger partial charge < -0.3 is 10.0 Å². The fraction of sp³-hybridized carbons (Fsp3) is 0.333. The van der Waals surface area contributed by atoms with Gasteiger partial charge in [0.1, 0.15) is 0 Å². The van der Waals surface area contributed by atoms with Crippen LogP contribution < -0.4 is 0 Å². The van der Waals surface area contributed by atoms with Gasteiger partial charge >= 0.3 is 18.1 Å². The first-order valence-corrected chi connectivity index (χ1v) is 5.47. The molecule has 0 spiro atoms. The smallest absolute Gasteiger partial charge is 0.471 e. The lowest BCUT2D eigenvalue weighted by Crippen LogP contribution is -2.46. The number of carbonyl (C=O) groups excluding carboxylic acids is 1. The molecule has 1 heterocycles. The number of fused-ring (bicyclic) bond motifs is 1. The third-order valence-electron chi connectivity index (χ3n) is 3.02. The maximum atomic E-state index is 12.4. The zero-order chi connectivity index (χ0) is 14.2. The van der Waals surface area contributed by atoms with Crippen molar-refractivity contribution < 1.29 is 27.9 Å². The molecule has 1 amide bonds. The molecule has 2 rings (SSSR count). The van der Waals surface area contributed by atoms with Gasteiger partial charge in [-0.15, -0.1) is 0 Å². The first-order chi connectivity index (χ1) is 8.80. The van der Waals surface area contributed by atoms with Gasteiger partial charge in [-0.05, 0) is 11.1 Å². The van der Waals surface area contributed by atoms with Crippen LogP contribution in [-0.4, -0.2) is 34.6 Å². The molecule has 0 radical (unpaired) electrons. The Labute approximate surface area is 106 Å². The van der Waals surface area contributed by atoms with Crippen molar-refractivity contribution in [1.82, 2.24) is 4.90 Å². The minimum absolute atomic E-state index is 0.224. The predicted molar refractivity (Wildman–Crippen MR) is 58.3 cm³/mol. The van der Waals surface area contributed by atoms with Crippen LogP contribution in [0.4, 0.5) is 13.2 Å². The fourth-order valence-electron chi connectivity index (χ4n) is 2.15. The quantitative estimate of drug-likeness (QED) is 0.848. The van der Waals surface area contributed by atoms with E-state index in [0.29, 0.717) is 16.0 Å². The molecule has 1 aliphatic rings. The molecule has 0 saturated heterocycles. The normalized spacial score (nSPS) is 18.9. The van der Waals surface area contributed by atoms with Gasteiger partial charge in [0, 0.05) is 13.1 Å². The number of halogens is 3. The van der Waals surface area contributed by atoms with Crippen LogP contribution in [0.5, 0.6) is 0 Å². The van der Waals surface area contributed by atoms with E-state index < -0.39 is 30.5 Å². The number of carboxylic acid groups (broad SMARTS) is 1. The molecular formula is C12H10F3NO3.